The highest BCUT2D eigenvalue weighted by molar-refractivity contribution is 6.06. The normalized spacial score (nSPS) is 16.7. The van der Waals surface area contributed by atoms with Gasteiger partial charge in [0.25, 0.3) is 0 Å². The van der Waals surface area contributed by atoms with Crippen LogP contribution in [0.25, 0.3) is 0 Å². The van der Waals surface area contributed by atoms with E-state index in [0.717, 1.165) is 54.0 Å². The number of hydrogen-bond acceptors (Lipinski definition) is 4. The van der Waals surface area contributed by atoms with Crippen LogP contribution in [0.3, 0.4) is 0 Å². The number of methoxy groups -OCH3 is 2. The van der Waals surface area contributed by atoms with Crippen LogP contribution in [0.5, 0.6) is 11.5 Å². The molecule has 1 N–H and O–H groups in total. The van der Waals surface area contributed by atoms with Crippen LogP contribution in [-0.2, 0) is 6.54 Å². The monoisotopic (exact) mass is 339 g/mol. The van der Waals surface area contributed by atoms with Gasteiger partial charge in [0, 0.05) is 0 Å². The van der Waals surface area contributed by atoms with E-state index >= 15 is 0 Å². The Balaban J connectivity index is 1.89. The Morgan fingerprint density at radius 2 is 1.44 bits per heavy atom. The van der Waals surface area contributed by atoms with Crippen LogP contribution in [0.4, 0.5) is 0 Å². The lowest BCUT2D eigenvalue weighted by Crippen LogP contribution is -2.36. The van der Waals surface area contributed by atoms with Gasteiger partial charge in [-0.3, -0.25) is 4.99 Å². The molecule has 132 valence electrons. The molecule has 25 heavy (non-hydrogen) atoms. The number of ether oxygens (including phenoxy) is 2. The Hall–Kier alpha value is -2.33. The molecular formula is C21H25NO3. The second-order valence-electron chi connectivity index (χ2n) is 6.48. The second-order valence-corrected chi connectivity index (χ2v) is 6.48. The Kier molecular flexibility index (Phi) is 5.39. The van der Waals surface area contributed by atoms with Gasteiger partial charge >= 0.3 is 0 Å². The predicted molar refractivity (Wildman–Crippen MR) is 99.6 cm³/mol. The highest BCUT2D eigenvalue weighted by atomic mass is 16.5. The molecule has 0 saturated heterocycles. The Bertz CT molecular complexity index is 714. The predicted octanol–water partition coefficient (Wildman–Crippen LogP) is 4.00. The number of benzene rings is 2. The fourth-order valence-corrected chi connectivity index (χ4v) is 3.35. The zero-order chi connectivity index (χ0) is 17.7. The van der Waals surface area contributed by atoms with Crippen molar-refractivity contribution in [2.24, 2.45) is 4.99 Å². The van der Waals surface area contributed by atoms with Crippen molar-refractivity contribution < 1.29 is 14.6 Å². The molecule has 2 aromatic rings. The number of hydrogen-bond donors (Lipinski definition) is 1. The van der Waals surface area contributed by atoms with Gasteiger partial charge in [-0.15, -0.1) is 0 Å². The van der Waals surface area contributed by atoms with Crippen molar-refractivity contribution in [2.75, 3.05) is 14.2 Å². The van der Waals surface area contributed by atoms with Gasteiger partial charge in [0.2, 0.25) is 0 Å². The molecule has 0 amide bonds. The van der Waals surface area contributed by atoms with E-state index in [0.29, 0.717) is 6.54 Å². The summed E-state index contributed by atoms with van der Waals surface area (Å²) in [5, 5.41) is 11.1. The zero-order valence-corrected chi connectivity index (χ0v) is 14.9. The van der Waals surface area contributed by atoms with E-state index in [9.17, 15) is 5.11 Å². The van der Waals surface area contributed by atoms with Crippen LogP contribution >= 0.6 is 0 Å². The first kappa shape index (κ1) is 17.5. The first-order chi connectivity index (χ1) is 12.1. The topological polar surface area (TPSA) is 51.0 Å². The fraction of sp³-hybridized carbons (Fsp3) is 0.381. The number of nitrogens with zero attached hydrogens (tertiary/aromatic N) is 1. The lowest BCUT2D eigenvalue weighted by atomic mass is 9.90. The van der Waals surface area contributed by atoms with E-state index in [2.05, 4.69) is 0 Å². The molecule has 4 nitrogen and oxygen atoms in total. The minimum Gasteiger partial charge on any atom is -0.497 e. The largest absolute Gasteiger partial charge is 0.497 e. The summed E-state index contributed by atoms with van der Waals surface area (Å²) in [5.74, 6) is 1.63. The number of aliphatic imine (C=N–C) groups is 1. The molecule has 0 aromatic heterocycles. The maximum atomic E-state index is 11.1. The third kappa shape index (κ3) is 4.02. The SMILES string of the molecule is COc1ccc(CN=C(c2ccc(OC)cc2)C2(O)CCCC2)cc1. The van der Waals surface area contributed by atoms with Crippen LogP contribution in [-0.4, -0.2) is 30.6 Å². The highest BCUT2D eigenvalue weighted by Gasteiger charge is 2.37. The lowest BCUT2D eigenvalue weighted by Gasteiger charge is -2.25. The zero-order valence-electron chi connectivity index (χ0n) is 14.9. The standard InChI is InChI=1S/C21H25NO3/c1-24-18-9-5-16(6-10-18)15-22-20(21(23)13-3-4-14-21)17-7-11-19(25-2)12-8-17/h5-12,23H,3-4,13-15H2,1-2H3. The van der Waals surface area contributed by atoms with Gasteiger partial charge in [-0.2, -0.15) is 0 Å². The maximum absolute atomic E-state index is 11.1. The first-order valence-corrected chi connectivity index (χ1v) is 8.69. The van der Waals surface area contributed by atoms with Gasteiger partial charge in [0.15, 0.2) is 0 Å². The summed E-state index contributed by atoms with van der Waals surface area (Å²) < 4.78 is 10.4. The molecular weight excluding hydrogens is 314 g/mol. The van der Waals surface area contributed by atoms with Crippen molar-refractivity contribution in [3.8, 4) is 11.5 Å². The van der Waals surface area contributed by atoms with Crippen molar-refractivity contribution in [1.82, 2.24) is 0 Å². The molecule has 0 spiro atoms. The molecule has 1 aliphatic carbocycles. The van der Waals surface area contributed by atoms with Crippen molar-refractivity contribution in [3.05, 3.63) is 59.7 Å². The van der Waals surface area contributed by atoms with Gasteiger partial charge in [-0.25, -0.2) is 0 Å². The lowest BCUT2D eigenvalue weighted by molar-refractivity contribution is 0.120. The molecule has 1 saturated carbocycles. The van der Waals surface area contributed by atoms with Crippen LogP contribution in [0.2, 0.25) is 0 Å². The van der Waals surface area contributed by atoms with Gasteiger partial charge < -0.3 is 14.6 Å². The van der Waals surface area contributed by atoms with Crippen molar-refractivity contribution in [3.63, 3.8) is 0 Å². The summed E-state index contributed by atoms with van der Waals surface area (Å²) in [5.41, 5.74) is 2.00. The van der Waals surface area contributed by atoms with Gasteiger partial charge in [-0.05, 0) is 60.4 Å². The fourth-order valence-electron chi connectivity index (χ4n) is 3.35. The molecule has 2 aromatic carbocycles. The molecule has 0 aliphatic heterocycles. The molecule has 0 radical (unpaired) electrons. The number of rotatable bonds is 6. The summed E-state index contributed by atoms with van der Waals surface area (Å²) in [6.07, 6.45) is 3.60. The third-order valence-electron chi connectivity index (χ3n) is 4.81. The Morgan fingerprint density at radius 3 is 1.96 bits per heavy atom. The van der Waals surface area contributed by atoms with Crippen molar-refractivity contribution in [1.29, 1.82) is 0 Å². The smallest absolute Gasteiger partial charge is 0.118 e. The van der Waals surface area contributed by atoms with E-state index in [4.69, 9.17) is 14.5 Å². The minimum atomic E-state index is -0.832. The van der Waals surface area contributed by atoms with Crippen LogP contribution in [0, 0.1) is 0 Å². The molecule has 4 heteroatoms. The second kappa shape index (κ2) is 7.70. The summed E-state index contributed by atoms with van der Waals surface area (Å²) in [6, 6.07) is 15.7. The molecule has 3 rings (SSSR count). The van der Waals surface area contributed by atoms with E-state index in [1.54, 1.807) is 14.2 Å². The molecule has 1 aliphatic rings. The highest BCUT2D eigenvalue weighted by Crippen LogP contribution is 2.34. The van der Waals surface area contributed by atoms with E-state index in [1.165, 1.54) is 0 Å². The average Bonchev–Trinajstić information content (AvgIpc) is 3.10. The Morgan fingerprint density at radius 1 is 0.920 bits per heavy atom. The van der Waals surface area contributed by atoms with Gasteiger partial charge in [0.1, 0.15) is 17.1 Å². The summed E-state index contributed by atoms with van der Waals surface area (Å²) >= 11 is 0. The first-order valence-electron chi connectivity index (χ1n) is 8.69. The van der Waals surface area contributed by atoms with Crippen LogP contribution < -0.4 is 9.47 Å². The van der Waals surface area contributed by atoms with Gasteiger partial charge in [-0.1, -0.05) is 25.0 Å². The average molecular weight is 339 g/mol. The van der Waals surface area contributed by atoms with E-state index in [1.807, 2.05) is 48.5 Å². The molecule has 1 fully saturated rings. The van der Waals surface area contributed by atoms with Crippen molar-refractivity contribution >= 4 is 5.71 Å². The van der Waals surface area contributed by atoms with Crippen LogP contribution in [0.1, 0.15) is 36.8 Å². The minimum absolute atomic E-state index is 0.535. The quantitative estimate of drug-likeness (QED) is 0.809. The molecule has 0 atom stereocenters. The maximum Gasteiger partial charge on any atom is 0.118 e. The Labute approximate surface area is 149 Å². The van der Waals surface area contributed by atoms with E-state index in [-0.39, 0.29) is 0 Å². The number of aliphatic hydroxyl groups is 1. The van der Waals surface area contributed by atoms with Crippen LogP contribution in [0.15, 0.2) is 53.5 Å². The van der Waals surface area contributed by atoms with E-state index < -0.39 is 5.60 Å². The van der Waals surface area contributed by atoms with Gasteiger partial charge in [0.05, 0.1) is 26.5 Å². The summed E-state index contributed by atoms with van der Waals surface area (Å²) in [4.78, 5) is 4.81. The summed E-state index contributed by atoms with van der Waals surface area (Å²) in [6.45, 7) is 0.535. The molecule has 0 bridgehead atoms. The molecule has 0 unspecified atom stereocenters. The molecule has 0 heterocycles. The third-order valence-corrected chi connectivity index (χ3v) is 4.81. The van der Waals surface area contributed by atoms with Crippen molar-refractivity contribution in [2.45, 2.75) is 37.8 Å². The summed E-state index contributed by atoms with van der Waals surface area (Å²) in [7, 11) is 3.31.